The Bertz CT molecular complexity index is 57.4. The standard InChI is InChI=1S/C5H7O.BrH.Mg/c1-3-5(6)4-2;;/h3-4,6H,1-2H2;1H;/q-1;;+2/p-1. The molecule has 42 valence electrons. The van der Waals surface area contributed by atoms with E-state index in [0.717, 1.165) is 0 Å². The molecular weight excluding hydrogens is 180 g/mol. The quantitative estimate of drug-likeness (QED) is 0.387. The molecule has 3 heteroatoms. The Balaban J connectivity index is -0.000000125. The Labute approximate surface area is 76.4 Å². The van der Waals surface area contributed by atoms with Gasteiger partial charge >= 0.3 is 23.1 Å². The van der Waals surface area contributed by atoms with E-state index in [4.69, 9.17) is 5.11 Å². The van der Waals surface area contributed by atoms with E-state index in [-0.39, 0.29) is 46.1 Å². The third-order valence-electron chi connectivity index (χ3n) is 0.418. The van der Waals surface area contributed by atoms with E-state index < -0.39 is 0 Å². The number of aliphatic hydroxyl groups is 1. The third kappa shape index (κ3) is 9.75. The van der Waals surface area contributed by atoms with Gasteiger partial charge in [-0.3, -0.25) is 0 Å². The Morgan fingerprint density at radius 3 is 1.50 bits per heavy atom. The molecule has 0 aromatic heterocycles. The van der Waals surface area contributed by atoms with E-state index in [1.807, 2.05) is 0 Å². The van der Waals surface area contributed by atoms with Crippen molar-refractivity contribution in [3.8, 4) is 0 Å². The normalized spacial score (nSPS) is 5.12. The zero-order valence-corrected chi connectivity index (χ0v) is 7.60. The summed E-state index contributed by atoms with van der Waals surface area (Å²) in [6.45, 7) is 6.55. The molecule has 0 radical (unpaired) electrons. The van der Waals surface area contributed by atoms with Gasteiger partial charge in [-0.25, -0.2) is 0 Å². The molecule has 0 heterocycles. The molecule has 0 aliphatic carbocycles. The molecule has 0 saturated heterocycles. The number of aliphatic hydroxyl groups excluding tert-OH is 1. The topological polar surface area (TPSA) is 20.2 Å². The van der Waals surface area contributed by atoms with Gasteiger partial charge in [-0.1, -0.05) is 0 Å². The van der Waals surface area contributed by atoms with Crippen LogP contribution in [0.1, 0.15) is 0 Å². The molecule has 8 heavy (non-hydrogen) atoms. The minimum atomic E-state index is 0. The smallest absolute Gasteiger partial charge is 1.00 e. The molecule has 0 amide bonds. The average Bonchev–Trinajstić information content (AvgIpc) is 1.65. The van der Waals surface area contributed by atoms with Crippen molar-refractivity contribution < 1.29 is 22.1 Å². The predicted molar refractivity (Wildman–Crippen MR) is 31.3 cm³/mol. The molecule has 1 N–H and O–H groups in total. The van der Waals surface area contributed by atoms with Gasteiger partial charge in [0.1, 0.15) is 0 Å². The van der Waals surface area contributed by atoms with Crippen molar-refractivity contribution >= 4 is 23.1 Å². The molecule has 0 aromatic rings. The monoisotopic (exact) mass is 186 g/mol. The second-order valence-corrected chi connectivity index (χ2v) is 0.833. The molecule has 1 nitrogen and oxygen atoms in total. The van der Waals surface area contributed by atoms with Crippen molar-refractivity contribution in [3.05, 3.63) is 31.4 Å². The van der Waals surface area contributed by atoms with Crippen molar-refractivity contribution in [2.24, 2.45) is 0 Å². The largest absolute Gasteiger partial charge is 2.00 e. The Morgan fingerprint density at radius 1 is 1.25 bits per heavy atom. The van der Waals surface area contributed by atoms with Crippen LogP contribution in [-0.4, -0.2) is 28.2 Å². The van der Waals surface area contributed by atoms with Crippen molar-refractivity contribution in [3.63, 3.8) is 0 Å². The van der Waals surface area contributed by atoms with Gasteiger partial charge in [0.25, 0.3) is 0 Å². The zero-order chi connectivity index (χ0) is 4.99. The first-order chi connectivity index (χ1) is 2.81. The van der Waals surface area contributed by atoms with Gasteiger partial charge in [0.2, 0.25) is 0 Å². The number of hydrogen-bond donors (Lipinski definition) is 1. The van der Waals surface area contributed by atoms with E-state index in [2.05, 4.69) is 13.2 Å². The molecule has 0 spiro atoms. The van der Waals surface area contributed by atoms with Gasteiger partial charge in [0.05, 0.1) is 0 Å². The van der Waals surface area contributed by atoms with Crippen LogP contribution in [0.2, 0.25) is 0 Å². The Morgan fingerprint density at radius 2 is 1.50 bits per heavy atom. The fourth-order valence-electron chi connectivity index (χ4n) is 0.0833. The van der Waals surface area contributed by atoms with Crippen molar-refractivity contribution in [1.29, 1.82) is 0 Å². The van der Waals surface area contributed by atoms with Gasteiger partial charge in [-0.2, -0.15) is 13.2 Å². The Kier molecular flexibility index (Phi) is 20.8. The Hall–Kier alpha value is 0.556. The minimum absolute atomic E-state index is 0. The fourth-order valence-corrected chi connectivity index (χ4v) is 0.0833. The SMILES string of the molecule is C=C[C-](O)C=C.[Br-].[Mg+2]. The van der Waals surface area contributed by atoms with Crippen LogP contribution in [0.15, 0.2) is 25.3 Å². The van der Waals surface area contributed by atoms with E-state index in [1.54, 1.807) is 0 Å². The predicted octanol–water partition coefficient (Wildman–Crippen LogP) is -2.11. The molecule has 0 rings (SSSR count). The first-order valence-electron chi connectivity index (χ1n) is 1.62. The summed E-state index contributed by atoms with van der Waals surface area (Å²) in [6, 6.07) is 0. The van der Waals surface area contributed by atoms with E-state index in [0.29, 0.717) is 0 Å². The molecule has 0 bridgehead atoms. The van der Waals surface area contributed by atoms with Crippen LogP contribution in [0.25, 0.3) is 0 Å². The van der Waals surface area contributed by atoms with Crippen LogP contribution in [-0.2, 0) is 0 Å². The number of halogens is 1. The summed E-state index contributed by atoms with van der Waals surface area (Å²) in [5.41, 5.74) is 0. The molecule has 0 saturated carbocycles. The number of rotatable bonds is 2. The molecule has 0 unspecified atom stereocenters. The van der Waals surface area contributed by atoms with Gasteiger partial charge in [0.15, 0.2) is 0 Å². The average molecular weight is 187 g/mol. The van der Waals surface area contributed by atoms with Crippen LogP contribution in [0.3, 0.4) is 0 Å². The van der Waals surface area contributed by atoms with Crippen molar-refractivity contribution in [2.75, 3.05) is 0 Å². The minimum Gasteiger partial charge on any atom is -1.00 e. The summed E-state index contributed by atoms with van der Waals surface area (Å²) in [7, 11) is 0. The maximum Gasteiger partial charge on any atom is 2.00 e. The van der Waals surface area contributed by atoms with Crippen LogP contribution < -0.4 is 17.0 Å². The van der Waals surface area contributed by atoms with Gasteiger partial charge in [0, 0.05) is 0 Å². The van der Waals surface area contributed by atoms with E-state index >= 15 is 0 Å². The molecular formula is C5H7BrMgO. The number of hydrogen-bond acceptors (Lipinski definition) is 1. The van der Waals surface area contributed by atoms with Crippen LogP contribution in [0, 0.1) is 6.10 Å². The van der Waals surface area contributed by atoms with E-state index in [9.17, 15) is 0 Å². The zero-order valence-electron chi connectivity index (χ0n) is 4.60. The molecule has 0 aromatic carbocycles. The first kappa shape index (κ1) is 15.8. The van der Waals surface area contributed by atoms with E-state index in [1.165, 1.54) is 12.2 Å². The first-order valence-corrected chi connectivity index (χ1v) is 1.62. The van der Waals surface area contributed by atoms with Crippen molar-refractivity contribution in [1.82, 2.24) is 0 Å². The summed E-state index contributed by atoms with van der Waals surface area (Å²) in [5, 5.41) is 8.35. The maximum atomic E-state index is 8.35. The molecule has 0 aliphatic rings. The van der Waals surface area contributed by atoms with Crippen molar-refractivity contribution in [2.45, 2.75) is 0 Å². The summed E-state index contributed by atoms with van der Waals surface area (Å²) >= 11 is 0. The summed E-state index contributed by atoms with van der Waals surface area (Å²) in [4.78, 5) is 0. The summed E-state index contributed by atoms with van der Waals surface area (Å²) < 4.78 is 0. The summed E-state index contributed by atoms with van der Waals surface area (Å²) in [5.74, 6) is 0. The maximum absolute atomic E-state index is 8.35. The second-order valence-electron chi connectivity index (χ2n) is 0.833. The summed E-state index contributed by atoms with van der Waals surface area (Å²) in [6.07, 6.45) is 2.77. The van der Waals surface area contributed by atoms with Gasteiger partial charge in [-0.15, -0.1) is 12.2 Å². The fraction of sp³-hybridized carbons (Fsp3) is 0. The second kappa shape index (κ2) is 10.5. The van der Waals surface area contributed by atoms with Crippen LogP contribution >= 0.6 is 0 Å². The van der Waals surface area contributed by atoms with Crippen LogP contribution in [0.5, 0.6) is 0 Å². The molecule has 0 aliphatic heterocycles. The van der Waals surface area contributed by atoms with Crippen LogP contribution in [0.4, 0.5) is 0 Å². The molecule has 0 atom stereocenters. The van der Waals surface area contributed by atoms with Gasteiger partial charge in [-0.05, 0) is 6.10 Å². The van der Waals surface area contributed by atoms with Gasteiger partial charge < -0.3 is 22.1 Å². The third-order valence-corrected chi connectivity index (χ3v) is 0.418. The molecule has 0 fully saturated rings.